The zero-order chi connectivity index (χ0) is 25.8. The Balaban J connectivity index is 1.46. The fraction of sp³-hybridized carbons (Fsp3) is 0.333. The molecule has 0 saturated carbocycles. The summed E-state index contributed by atoms with van der Waals surface area (Å²) in [7, 11) is 1.77. The highest BCUT2D eigenvalue weighted by Gasteiger charge is 2.35. The van der Waals surface area contributed by atoms with Crippen molar-refractivity contribution in [2.45, 2.75) is 45.6 Å². The van der Waals surface area contributed by atoms with Crippen LogP contribution in [0.3, 0.4) is 0 Å². The highest BCUT2D eigenvalue weighted by atomic mass is 35.5. The highest BCUT2D eigenvalue weighted by molar-refractivity contribution is 6.32. The molecule has 0 unspecified atom stereocenters. The van der Waals surface area contributed by atoms with Crippen LogP contribution in [-0.4, -0.2) is 35.0 Å². The van der Waals surface area contributed by atoms with Gasteiger partial charge in [0.1, 0.15) is 23.0 Å². The van der Waals surface area contributed by atoms with Gasteiger partial charge in [0, 0.05) is 37.8 Å². The maximum Gasteiger partial charge on any atom is 0.434 e. The zero-order valence-corrected chi connectivity index (χ0v) is 20.5. The summed E-state index contributed by atoms with van der Waals surface area (Å²) in [5.41, 5.74) is 1.74. The van der Waals surface area contributed by atoms with E-state index in [9.17, 15) is 18.0 Å². The lowest BCUT2D eigenvalue weighted by atomic mass is 10.0. The molecule has 4 heterocycles. The maximum absolute atomic E-state index is 13.2. The van der Waals surface area contributed by atoms with Gasteiger partial charge in [0.15, 0.2) is 5.69 Å². The second-order valence-corrected chi connectivity index (χ2v) is 9.03. The highest BCUT2D eigenvalue weighted by Crippen LogP contribution is 2.36. The van der Waals surface area contributed by atoms with Gasteiger partial charge in [0.2, 0.25) is 5.91 Å². The molecule has 5 rings (SSSR count). The van der Waals surface area contributed by atoms with Crippen LogP contribution in [0, 0.1) is 0 Å². The van der Waals surface area contributed by atoms with E-state index in [1.165, 1.54) is 4.57 Å². The number of hydrogen-bond acceptors (Lipinski definition) is 4. The lowest BCUT2D eigenvalue weighted by Crippen LogP contribution is -2.39. The molecule has 3 aromatic heterocycles. The van der Waals surface area contributed by atoms with Gasteiger partial charge in [-0.25, -0.2) is 9.67 Å². The van der Waals surface area contributed by atoms with Crippen molar-refractivity contribution >= 4 is 23.3 Å². The summed E-state index contributed by atoms with van der Waals surface area (Å²) in [5, 5.41) is 9.27. The van der Waals surface area contributed by atoms with Gasteiger partial charge in [0.25, 0.3) is 0 Å². The van der Waals surface area contributed by atoms with Gasteiger partial charge in [-0.2, -0.15) is 23.4 Å². The Kier molecular flexibility index (Phi) is 5.90. The molecule has 1 aliphatic rings. The SMILES string of the molecule is CCn1cc(C(F)(F)F)nc1-c1ccc([C@@H](C)N2C(=O)CCn3nc(-c4c(Cl)cnn4C)cc32)cc1. The fourth-order valence-corrected chi connectivity index (χ4v) is 4.79. The molecule has 0 radical (unpaired) electrons. The first-order chi connectivity index (χ1) is 17.1. The molecule has 1 amide bonds. The summed E-state index contributed by atoms with van der Waals surface area (Å²) in [6.45, 7) is 4.47. The van der Waals surface area contributed by atoms with Crippen LogP contribution in [-0.2, 0) is 31.1 Å². The van der Waals surface area contributed by atoms with Crippen LogP contribution in [0.2, 0.25) is 5.02 Å². The fourth-order valence-electron chi connectivity index (χ4n) is 4.53. The molecule has 1 aromatic carbocycles. The van der Waals surface area contributed by atoms with Crippen LogP contribution in [0.4, 0.5) is 19.0 Å². The number of halogens is 4. The number of hydrogen-bond donors (Lipinski definition) is 0. The van der Waals surface area contributed by atoms with E-state index in [0.29, 0.717) is 47.3 Å². The molecule has 0 spiro atoms. The quantitative estimate of drug-likeness (QED) is 0.358. The Bertz CT molecular complexity index is 1420. The van der Waals surface area contributed by atoms with Crippen molar-refractivity contribution in [3.8, 4) is 22.8 Å². The van der Waals surface area contributed by atoms with Crippen LogP contribution < -0.4 is 4.90 Å². The molecule has 0 bridgehead atoms. The average Bonchev–Trinajstić information content (AvgIpc) is 3.55. The number of nitrogens with zero attached hydrogens (tertiary/aromatic N) is 7. The average molecular weight is 518 g/mol. The van der Waals surface area contributed by atoms with Gasteiger partial charge in [0.05, 0.1) is 23.8 Å². The van der Waals surface area contributed by atoms with Gasteiger partial charge in [-0.05, 0) is 19.4 Å². The first-order valence-electron chi connectivity index (χ1n) is 11.4. The number of amides is 1. The van der Waals surface area contributed by atoms with Crippen molar-refractivity contribution in [1.29, 1.82) is 0 Å². The molecule has 1 atom stereocenters. The molecule has 0 fully saturated rings. The predicted molar refractivity (Wildman–Crippen MR) is 128 cm³/mol. The molecule has 188 valence electrons. The Labute approximate surface area is 209 Å². The number of anilines is 1. The van der Waals surface area contributed by atoms with Crippen molar-refractivity contribution in [3.63, 3.8) is 0 Å². The van der Waals surface area contributed by atoms with Gasteiger partial charge in [-0.15, -0.1) is 0 Å². The molecule has 4 aromatic rings. The van der Waals surface area contributed by atoms with Crippen LogP contribution in [0.25, 0.3) is 22.8 Å². The molecule has 8 nitrogen and oxygen atoms in total. The topological polar surface area (TPSA) is 73.8 Å². The van der Waals surface area contributed by atoms with Gasteiger partial charge in [-0.1, -0.05) is 35.9 Å². The van der Waals surface area contributed by atoms with Crippen molar-refractivity contribution in [3.05, 3.63) is 59.0 Å². The molecule has 12 heteroatoms. The second kappa shape index (κ2) is 8.81. The van der Waals surface area contributed by atoms with Crippen LogP contribution >= 0.6 is 11.6 Å². The largest absolute Gasteiger partial charge is 0.434 e. The number of aryl methyl sites for hydroxylation is 3. The molecule has 1 aliphatic heterocycles. The normalized spacial score (nSPS) is 14.9. The Hall–Kier alpha value is -3.60. The van der Waals surface area contributed by atoms with E-state index in [1.54, 1.807) is 46.6 Å². The minimum Gasteiger partial charge on any atom is -0.331 e. The number of fused-ring (bicyclic) bond motifs is 1. The summed E-state index contributed by atoms with van der Waals surface area (Å²) in [6.07, 6.45) is -1.65. The van der Waals surface area contributed by atoms with E-state index in [-0.39, 0.29) is 17.8 Å². The molecule has 0 N–H and O–H groups in total. The smallest absolute Gasteiger partial charge is 0.331 e. The van der Waals surface area contributed by atoms with Crippen LogP contribution in [0.15, 0.2) is 42.7 Å². The third-order valence-corrected chi connectivity index (χ3v) is 6.67. The standard InChI is InChI=1S/C24H23ClF3N7O/c1-4-33-13-19(24(26,27)28)30-23(33)16-7-5-15(6-8-16)14(2)35-20-11-18(22-17(25)12-29-32(22)3)31-34(20)10-9-21(35)36/h5-8,11-14H,4,9-10H2,1-3H3/t14-/m1/s1. The number of imidazole rings is 1. The van der Waals surface area contributed by atoms with Crippen molar-refractivity contribution in [1.82, 2.24) is 29.1 Å². The lowest BCUT2D eigenvalue weighted by molar-refractivity contribution is -0.140. The molecule has 0 saturated heterocycles. The van der Waals surface area contributed by atoms with E-state index in [0.717, 1.165) is 11.8 Å². The number of carbonyl (C=O) groups is 1. The monoisotopic (exact) mass is 517 g/mol. The van der Waals surface area contributed by atoms with E-state index in [4.69, 9.17) is 11.6 Å². The number of carbonyl (C=O) groups excluding carboxylic acids is 1. The summed E-state index contributed by atoms with van der Waals surface area (Å²) in [4.78, 5) is 18.5. The number of aromatic nitrogens is 6. The first kappa shape index (κ1) is 24.1. The minimum absolute atomic E-state index is 0.0435. The van der Waals surface area contributed by atoms with Crippen molar-refractivity contribution in [2.75, 3.05) is 4.90 Å². The first-order valence-corrected chi connectivity index (χ1v) is 11.8. The van der Waals surface area contributed by atoms with E-state index in [2.05, 4.69) is 15.2 Å². The Morgan fingerprint density at radius 2 is 1.92 bits per heavy atom. The van der Waals surface area contributed by atoms with E-state index < -0.39 is 11.9 Å². The van der Waals surface area contributed by atoms with Crippen LogP contribution in [0.5, 0.6) is 0 Å². The summed E-state index contributed by atoms with van der Waals surface area (Å²) < 4.78 is 44.4. The third kappa shape index (κ3) is 4.06. The molecular weight excluding hydrogens is 495 g/mol. The van der Waals surface area contributed by atoms with Crippen molar-refractivity contribution in [2.24, 2.45) is 7.05 Å². The number of rotatable bonds is 5. The third-order valence-electron chi connectivity index (χ3n) is 6.39. The Morgan fingerprint density at radius 3 is 2.53 bits per heavy atom. The van der Waals surface area contributed by atoms with E-state index in [1.807, 2.05) is 25.1 Å². The minimum atomic E-state index is -4.51. The van der Waals surface area contributed by atoms with E-state index >= 15 is 0 Å². The zero-order valence-electron chi connectivity index (χ0n) is 19.8. The lowest BCUT2D eigenvalue weighted by Gasteiger charge is -2.33. The molecule has 36 heavy (non-hydrogen) atoms. The maximum atomic E-state index is 13.2. The van der Waals surface area contributed by atoms with Crippen molar-refractivity contribution < 1.29 is 18.0 Å². The molecular formula is C24H23ClF3N7O. The second-order valence-electron chi connectivity index (χ2n) is 8.62. The van der Waals surface area contributed by atoms with Gasteiger partial charge < -0.3 is 4.57 Å². The summed E-state index contributed by atoms with van der Waals surface area (Å²) in [5.74, 6) is 0.846. The van der Waals surface area contributed by atoms with Gasteiger partial charge in [-0.3, -0.25) is 14.4 Å². The molecule has 0 aliphatic carbocycles. The number of benzene rings is 1. The number of alkyl halides is 3. The predicted octanol–water partition coefficient (Wildman–Crippen LogP) is 5.34. The van der Waals surface area contributed by atoms with Crippen LogP contribution in [0.1, 0.15) is 37.6 Å². The van der Waals surface area contributed by atoms with Gasteiger partial charge >= 0.3 is 6.18 Å². The Morgan fingerprint density at radius 1 is 1.19 bits per heavy atom. The summed E-state index contributed by atoms with van der Waals surface area (Å²) in [6, 6.07) is 8.56. The summed E-state index contributed by atoms with van der Waals surface area (Å²) >= 11 is 6.30.